The van der Waals surface area contributed by atoms with Gasteiger partial charge >= 0.3 is 0 Å². The Morgan fingerprint density at radius 1 is 0.926 bits per heavy atom. The van der Waals surface area contributed by atoms with Crippen molar-refractivity contribution in [2.24, 2.45) is 0 Å². The minimum atomic E-state index is -0.169. The Morgan fingerprint density at radius 3 is 2.22 bits per heavy atom. The van der Waals surface area contributed by atoms with Gasteiger partial charge in [-0.05, 0) is 42.0 Å². The summed E-state index contributed by atoms with van der Waals surface area (Å²) in [6.45, 7) is 0. The third-order valence-corrected chi connectivity index (χ3v) is 4.28. The number of rotatable bonds is 7. The molecule has 1 aromatic heterocycles. The average molecular weight is 367 g/mol. The van der Waals surface area contributed by atoms with Crippen molar-refractivity contribution in [3.63, 3.8) is 0 Å². The number of benzene rings is 2. The van der Waals surface area contributed by atoms with E-state index in [0.717, 1.165) is 22.2 Å². The highest BCUT2D eigenvalue weighted by Crippen LogP contribution is 2.38. The minimum Gasteiger partial charge on any atom is -0.497 e. The van der Waals surface area contributed by atoms with Crippen molar-refractivity contribution in [2.75, 3.05) is 28.4 Å². The molecule has 3 aromatic rings. The Morgan fingerprint density at radius 2 is 1.63 bits per heavy atom. The van der Waals surface area contributed by atoms with Gasteiger partial charge in [-0.15, -0.1) is 0 Å². The normalized spacial score (nSPS) is 11.0. The van der Waals surface area contributed by atoms with Gasteiger partial charge in [0.05, 0.1) is 28.4 Å². The molecule has 1 N–H and O–H groups in total. The molecule has 0 aliphatic heterocycles. The van der Waals surface area contributed by atoms with Gasteiger partial charge in [-0.25, -0.2) is 0 Å². The molecule has 0 saturated carbocycles. The van der Waals surface area contributed by atoms with Crippen LogP contribution in [0.5, 0.6) is 23.0 Å². The molecule has 0 bridgehead atoms. The first kappa shape index (κ1) is 18.4. The van der Waals surface area contributed by atoms with Gasteiger partial charge in [-0.3, -0.25) is 4.79 Å². The molecule has 0 unspecified atom stereocenters. The zero-order valence-electron chi connectivity index (χ0n) is 15.7. The van der Waals surface area contributed by atoms with E-state index in [0.29, 0.717) is 22.8 Å². The highest BCUT2D eigenvalue weighted by atomic mass is 16.5. The van der Waals surface area contributed by atoms with E-state index in [1.165, 1.54) is 27.4 Å². The number of hydrogen-bond donors (Lipinski definition) is 1. The second-order valence-electron chi connectivity index (χ2n) is 5.77. The number of methoxy groups -OCH3 is 4. The van der Waals surface area contributed by atoms with Crippen LogP contribution in [-0.2, 0) is 0 Å². The quantitative estimate of drug-likeness (QED) is 0.503. The van der Waals surface area contributed by atoms with Gasteiger partial charge in [0.25, 0.3) is 0 Å². The number of carbonyl (C=O) groups excluding carboxylic acids is 1. The van der Waals surface area contributed by atoms with Gasteiger partial charge in [0.2, 0.25) is 5.75 Å². The summed E-state index contributed by atoms with van der Waals surface area (Å²) in [4.78, 5) is 15.8. The fourth-order valence-corrected chi connectivity index (χ4v) is 2.88. The van der Waals surface area contributed by atoms with E-state index in [2.05, 4.69) is 4.98 Å². The molecule has 0 saturated heterocycles. The van der Waals surface area contributed by atoms with Gasteiger partial charge in [0, 0.05) is 28.7 Å². The minimum absolute atomic E-state index is 0.169. The predicted octanol–water partition coefficient (Wildman–Crippen LogP) is 4.10. The lowest BCUT2D eigenvalue weighted by molar-refractivity contribution is 0.104. The zero-order chi connectivity index (χ0) is 19.4. The maximum atomic E-state index is 12.6. The molecule has 0 aliphatic rings. The number of fused-ring (bicyclic) bond motifs is 1. The Labute approximate surface area is 157 Å². The Kier molecular flexibility index (Phi) is 5.35. The SMILES string of the molecule is COc1ccc2c(C=CC(=O)c3cc(OC)c(OC)c(OC)c3)c[nH]c2c1. The number of ether oxygens (including phenoxy) is 4. The van der Waals surface area contributed by atoms with E-state index in [9.17, 15) is 4.79 Å². The molecule has 6 heteroatoms. The summed E-state index contributed by atoms with van der Waals surface area (Å²) in [6.07, 6.45) is 5.15. The van der Waals surface area contributed by atoms with Crippen LogP contribution in [0.4, 0.5) is 0 Å². The lowest BCUT2D eigenvalue weighted by Gasteiger charge is -2.13. The smallest absolute Gasteiger partial charge is 0.203 e. The number of hydrogen-bond acceptors (Lipinski definition) is 5. The summed E-state index contributed by atoms with van der Waals surface area (Å²) < 4.78 is 21.1. The fraction of sp³-hybridized carbons (Fsp3) is 0.190. The van der Waals surface area contributed by atoms with Crippen LogP contribution in [0.2, 0.25) is 0 Å². The summed E-state index contributed by atoms with van der Waals surface area (Å²) in [5.74, 6) is 1.93. The number of carbonyl (C=O) groups is 1. The Hall–Kier alpha value is -3.41. The fourth-order valence-electron chi connectivity index (χ4n) is 2.88. The second kappa shape index (κ2) is 7.86. The van der Waals surface area contributed by atoms with Crippen LogP contribution >= 0.6 is 0 Å². The van der Waals surface area contributed by atoms with Crippen LogP contribution in [0.15, 0.2) is 42.6 Å². The van der Waals surface area contributed by atoms with Gasteiger partial charge in [-0.1, -0.05) is 0 Å². The predicted molar refractivity (Wildman–Crippen MR) is 104 cm³/mol. The number of H-pyrrole nitrogens is 1. The van der Waals surface area contributed by atoms with Crippen molar-refractivity contribution >= 4 is 22.8 Å². The van der Waals surface area contributed by atoms with Crippen molar-refractivity contribution < 1.29 is 23.7 Å². The van der Waals surface area contributed by atoms with Crippen molar-refractivity contribution in [1.29, 1.82) is 0 Å². The van der Waals surface area contributed by atoms with E-state index in [1.807, 2.05) is 24.4 Å². The molecular weight excluding hydrogens is 346 g/mol. The lowest BCUT2D eigenvalue weighted by atomic mass is 10.1. The van der Waals surface area contributed by atoms with Crippen LogP contribution in [-0.4, -0.2) is 39.2 Å². The first-order valence-corrected chi connectivity index (χ1v) is 8.28. The third-order valence-electron chi connectivity index (χ3n) is 4.28. The van der Waals surface area contributed by atoms with E-state index >= 15 is 0 Å². The van der Waals surface area contributed by atoms with Crippen molar-refractivity contribution in [3.8, 4) is 23.0 Å². The van der Waals surface area contributed by atoms with E-state index < -0.39 is 0 Å². The molecule has 2 aromatic carbocycles. The standard InChI is InChI=1S/C21H21NO5/c1-24-15-6-7-16-13(12-22-17(16)11-15)5-8-18(23)14-9-19(25-2)21(27-4)20(10-14)26-3/h5-12,22H,1-4H3. The maximum absolute atomic E-state index is 12.6. The average Bonchev–Trinajstić information content (AvgIpc) is 3.12. The first-order chi connectivity index (χ1) is 13.1. The number of aromatic amines is 1. The highest BCUT2D eigenvalue weighted by Gasteiger charge is 2.15. The topological polar surface area (TPSA) is 69.8 Å². The summed E-state index contributed by atoms with van der Waals surface area (Å²) in [7, 11) is 6.18. The molecule has 6 nitrogen and oxygen atoms in total. The van der Waals surface area contributed by atoms with Crippen molar-refractivity contribution in [3.05, 3.63) is 53.7 Å². The Balaban J connectivity index is 1.91. The van der Waals surface area contributed by atoms with Crippen LogP contribution in [0.1, 0.15) is 15.9 Å². The monoisotopic (exact) mass is 367 g/mol. The molecule has 0 spiro atoms. The van der Waals surface area contributed by atoms with Gasteiger partial charge in [0.15, 0.2) is 17.3 Å². The summed E-state index contributed by atoms with van der Waals surface area (Å²) in [5.41, 5.74) is 2.30. The molecule has 3 rings (SSSR count). The van der Waals surface area contributed by atoms with Crippen LogP contribution in [0.3, 0.4) is 0 Å². The molecule has 1 heterocycles. The molecule has 0 atom stereocenters. The first-order valence-electron chi connectivity index (χ1n) is 8.28. The molecule has 0 fully saturated rings. The largest absolute Gasteiger partial charge is 0.497 e. The van der Waals surface area contributed by atoms with Gasteiger partial charge in [-0.2, -0.15) is 0 Å². The molecule has 27 heavy (non-hydrogen) atoms. The second-order valence-corrected chi connectivity index (χ2v) is 5.77. The van der Waals surface area contributed by atoms with Gasteiger partial charge < -0.3 is 23.9 Å². The zero-order valence-corrected chi connectivity index (χ0v) is 15.7. The van der Waals surface area contributed by atoms with Crippen molar-refractivity contribution in [2.45, 2.75) is 0 Å². The van der Waals surface area contributed by atoms with Crippen LogP contribution in [0.25, 0.3) is 17.0 Å². The van der Waals surface area contributed by atoms with Crippen molar-refractivity contribution in [1.82, 2.24) is 4.98 Å². The number of ketones is 1. The summed E-state index contributed by atoms with van der Waals surface area (Å²) in [5, 5.41) is 1.00. The van der Waals surface area contributed by atoms with Crippen LogP contribution in [0, 0.1) is 0 Å². The number of allylic oxidation sites excluding steroid dienone is 1. The lowest BCUT2D eigenvalue weighted by Crippen LogP contribution is -2.00. The molecule has 0 amide bonds. The van der Waals surface area contributed by atoms with E-state index in [1.54, 1.807) is 25.3 Å². The number of nitrogens with one attached hydrogen (secondary N) is 1. The Bertz CT molecular complexity index is 978. The summed E-state index contributed by atoms with van der Waals surface area (Å²) >= 11 is 0. The molecular formula is C21H21NO5. The number of aromatic nitrogens is 1. The highest BCUT2D eigenvalue weighted by molar-refractivity contribution is 6.08. The molecule has 0 aliphatic carbocycles. The summed E-state index contributed by atoms with van der Waals surface area (Å²) in [6, 6.07) is 9.01. The maximum Gasteiger partial charge on any atom is 0.203 e. The van der Waals surface area contributed by atoms with Gasteiger partial charge in [0.1, 0.15) is 5.75 Å². The van der Waals surface area contributed by atoms with Crippen LogP contribution < -0.4 is 18.9 Å². The molecule has 140 valence electrons. The van der Waals surface area contributed by atoms with E-state index in [-0.39, 0.29) is 5.78 Å². The third kappa shape index (κ3) is 3.60. The van der Waals surface area contributed by atoms with E-state index in [4.69, 9.17) is 18.9 Å². The molecule has 0 radical (unpaired) electrons.